The molecule has 1 aromatic carbocycles. The maximum absolute atomic E-state index is 12.2. The Balaban J connectivity index is 1.81. The summed E-state index contributed by atoms with van der Waals surface area (Å²) in [6.45, 7) is 7.27. The van der Waals surface area contributed by atoms with Gasteiger partial charge in [-0.2, -0.15) is 0 Å². The molecule has 1 saturated heterocycles. The zero-order valence-electron chi connectivity index (χ0n) is 14.4. The number of carbonyl (C=O) groups excluding carboxylic acids is 1. The second-order valence-corrected chi connectivity index (χ2v) is 6.49. The summed E-state index contributed by atoms with van der Waals surface area (Å²) >= 11 is 0. The van der Waals surface area contributed by atoms with Gasteiger partial charge in [-0.3, -0.25) is 14.5 Å². The van der Waals surface area contributed by atoms with Crippen LogP contribution in [-0.2, 0) is 9.59 Å². The van der Waals surface area contributed by atoms with E-state index >= 15 is 0 Å². The van der Waals surface area contributed by atoms with Crippen molar-refractivity contribution in [1.29, 1.82) is 0 Å². The van der Waals surface area contributed by atoms with Crippen molar-refractivity contribution in [3.05, 3.63) is 35.4 Å². The first-order valence-corrected chi connectivity index (χ1v) is 8.45. The molecule has 0 saturated carbocycles. The first-order valence-electron chi connectivity index (χ1n) is 8.45. The first kappa shape index (κ1) is 18.4. The summed E-state index contributed by atoms with van der Waals surface area (Å²) in [6, 6.07) is 7.92. The van der Waals surface area contributed by atoms with Crippen molar-refractivity contribution < 1.29 is 14.7 Å². The summed E-state index contributed by atoms with van der Waals surface area (Å²) in [5.41, 5.74) is 7.99. The van der Waals surface area contributed by atoms with E-state index in [9.17, 15) is 9.59 Å². The lowest BCUT2D eigenvalue weighted by atomic mass is 10.0. The minimum Gasteiger partial charge on any atom is -0.480 e. The fourth-order valence-electron chi connectivity index (χ4n) is 2.97. The van der Waals surface area contributed by atoms with E-state index in [0.29, 0.717) is 19.1 Å². The van der Waals surface area contributed by atoms with Gasteiger partial charge in [-0.25, -0.2) is 0 Å². The molecule has 0 spiro atoms. The average Bonchev–Trinajstić information content (AvgIpc) is 2.59. The van der Waals surface area contributed by atoms with Gasteiger partial charge in [-0.15, -0.1) is 0 Å². The summed E-state index contributed by atoms with van der Waals surface area (Å²) in [5.74, 6) is -1.06. The lowest BCUT2D eigenvalue weighted by Gasteiger charge is -2.38. The molecule has 3 N–H and O–H groups in total. The molecule has 0 aromatic heterocycles. The number of hydrogen-bond acceptors (Lipinski definition) is 4. The Kier molecular flexibility index (Phi) is 6.34. The number of nitrogens with zero attached hydrogens (tertiary/aromatic N) is 2. The van der Waals surface area contributed by atoms with Crippen LogP contribution in [0.3, 0.4) is 0 Å². The van der Waals surface area contributed by atoms with Crippen LogP contribution in [0.1, 0.15) is 36.9 Å². The van der Waals surface area contributed by atoms with E-state index in [1.165, 1.54) is 11.1 Å². The Hall–Kier alpha value is -1.92. The number of aliphatic carboxylic acids is 1. The van der Waals surface area contributed by atoms with Gasteiger partial charge >= 0.3 is 5.97 Å². The molecule has 6 nitrogen and oxygen atoms in total. The maximum atomic E-state index is 12.2. The number of carboxylic acids is 1. The standard InChI is InChI=1S/C18H27N3O3/c1-13-3-5-15(6-4-13)14(2)20-9-11-21(12-10-20)17(22)8-7-16(19)18(23)24/h3-6,14,16H,7-12,19H2,1-2H3,(H,23,24)/t14?,16-/m0/s1. The Morgan fingerprint density at radius 1 is 1.17 bits per heavy atom. The van der Waals surface area contributed by atoms with Crippen LogP contribution in [-0.4, -0.2) is 59.0 Å². The summed E-state index contributed by atoms with van der Waals surface area (Å²) in [4.78, 5) is 27.1. The minimum absolute atomic E-state index is 0.00524. The number of benzene rings is 1. The van der Waals surface area contributed by atoms with E-state index in [4.69, 9.17) is 10.8 Å². The van der Waals surface area contributed by atoms with Gasteiger partial charge in [-0.1, -0.05) is 29.8 Å². The first-order chi connectivity index (χ1) is 11.4. The molecule has 132 valence electrons. The van der Waals surface area contributed by atoms with Gasteiger partial charge in [0.05, 0.1) is 0 Å². The lowest BCUT2D eigenvalue weighted by molar-refractivity contribution is -0.139. The fourth-order valence-corrected chi connectivity index (χ4v) is 2.97. The van der Waals surface area contributed by atoms with E-state index in [1.54, 1.807) is 0 Å². The second-order valence-electron chi connectivity index (χ2n) is 6.49. The van der Waals surface area contributed by atoms with E-state index in [1.807, 2.05) is 4.90 Å². The quantitative estimate of drug-likeness (QED) is 0.821. The molecule has 6 heteroatoms. The highest BCUT2D eigenvalue weighted by molar-refractivity contribution is 5.78. The number of piperazine rings is 1. The van der Waals surface area contributed by atoms with E-state index < -0.39 is 12.0 Å². The zero-order chi connectivity index (χ0) is 17.7. The average molecular weight is 333 g/mol. The number of nitrogens with two attached hydrogens (primary N) is 1. The smallest absolute Gasteiger partial charge is 0.320 e. The normalized spacial score (nSPS) is 18.2. The Labute approximate surface area is 143 Å². The summed E-state index contributed by atoms with van der Waals surface area (Å²) in [7, 11) is 0. The second kappa shape index (κ2) is 8.26. The number of amides is 1. The molecule has 0 aliphatic carbocycles. The van der Waals surface area contributed by atoms with Crippen LogP contribution in [0, 0.1) is 6.92 Å². The number of carboxylic acid groups (broad SMARTS) is 1. The molecule has 1 aromatic rings. The van der Waals surface area contributed by atoms with Gasteiger partial charge in [0.25, 0.3) is 0 Å². The molecule has 2 rings (SSSR count). The van der Waals surface area contributed by atoms with Crippen molar-refractivity contribution in [3.8, 4) is 0 Å². The Bertz CT molecular complexity index is 565. The zero-order valence-corrected chi connectivity index (χ0v) is 14.4. The number of rotatable bonds is 6. The minimum atomic E-state index is -1.06. The highest BCUT2D eigenvalue weighted by atomic mass is 16.4. The van der Waals surface area contributed by atoms with Crippen LogP contribution >= 0.6 is 0 Å². The van der Waals surface area contributed by atoms with Crippen molar-refractivity contribution >= 4 is 11.9 Å². The Morgan fingerprint density at radius 3 is 2.29 bits per heavy atom. The maximum Gasteiger partial charge on any atom is 0.320 e. The monoisotopic (exact) mass is 333 g/mol. The van der Waals surface area contributed by atoms with E-state index in [0.717, 1.165) is 13.1 Å². The lowest BCUT2D eigenvalue weighted by Crippen LogP contribution is -2.49. The summed E-state index contributed by atoms with van der Waals surface area (Å²) in [6.07, 6.45) is 0.384. The van der Waals surface area contributed by atoms with Crippen molar-refractivity contribution in [3.63, 3.8) is 0 Å². The van der Waals surface area contributed by atoms with Crippen molar-refractivity contribution in [1.82, 2.24) is 9.80 Å². The van der Waals surface area contributed by atoms with Gasteiger partial charge in [0, 0.05) is 38.6 Å². The third-order valence-electron chi connectivity index (χ3n) is 4.76. The third kappa shape index (κ3) is 4.79. The molecule has 1 amide bonds. The molecule has 0 bridgehead atoms. The highest BCUT2D eigenvalue weighted by Gasteiger charge is 2.25. The van der Waals surface area contributed by atoms with Gasteiger partial charge in [0.2, 0.25) is 5.91 Å². The molecule has 1 unspecified atom stereocenters. The molecule has 0 radical (unpaired) electrons. The van der Waals surface area contributed by atoms with Gasteiger partial charge < -0.3 is 15.7 Å². The predicted octanol–water partition coefficient (Wildman–Crippen LogP) is 1.39. The summed E-state index contributed by atoms with van der Waals surface area (Å²) in [5, 5.41) is 8.77. The van der Waals surface area contributed by atoms with E-state index in [-0.39, 0.29) is 18.7 Å². The third-order valence-corrected chi connectivity index (χ3v) is 4.76. The van der Waals surface area contributed by atoms with Crippen LogP contribution in [0.5, 0.6) is 0 Å². The van der Waals surface area contributed by atoms with Crippen molar-refractivity contribution in [2.75, 3.05) is 26.2 Å². The van der Waals surface area contributed by atoms with E-state index in [2.05, 4.69) is 43.0 Å². The molecule has 1 heterocycles. The van der Waals surface area contributed by atoms with Crippen molar-refractivity contribution in [2.45, 2.75) is 38.8 Å². The summed E-state index contributed by atoms with van der Waals surface area (Å²) < 4.78 is 0. The predicted molar refractivity (Wildman–Crippen MR) is 92.6 cm³/mol. The molecular formula is C18H27N3O3. The van der Waals surface area contributed by atoms with Gasteiger partial charge in [0.1, 0.15) is 6.04 Å². The van der Waals surface area contributed by atoms with Gasteiger partial charge in [-0.05, 0) is 25.8 Å². The largest absolute Gasteiger partial charge is 0.480 e. The SMILES string of the molecule is Cc1ccc(C(C)N2CCN(C(=O)CC[C@H](N)C(=O)O)CC2)cc1. The fraction of sp³-hybridized carbons (Fsp3) is 0.556. The molecule has 1 fully saturated rings. The number of carbonyl (C=O) groups is 2. The molecule has 2 atom stereocenters. The Morgan fingerprint density at radius 2 is 1.75 bits per heavy atom. The topological polar surface area (TPSA) is 86.9 Å². The van der Waals surface area contributed by atoms with Crippen LogP contribution in [0.15, 0.2) is 24.3 Å². The van der Waals surface area contributed by atoms with Crippen LogP contribution < -0.4 is 5.73 Å². The molecule has 1 aliphatic rings. The van der Waals surface area contributed by atoms with Gasteiger partial charge in [0.15, 0.2) is 0 Å². The molecule has 1 aliphatic heterocycles. The molecular weight excluding hydrogens is 306 g/mol. The highest BCUT2D eigenvalue weighted by Crippen LogP contribution is 2.22. The number of hydrogen-bond donors (Lipinski definition) is 2. The number of aryl methyl sites for hydroxylation is 1. The molecule has 24 heavy (non-hydrogen) atoms. The van der Waals surface area contributed by atoms with Crippen molar-refractivity contribution in [2.24, 2.45) is 5.73 Å². The van der Waals surface area contributed by atoms with Crippen LogP contribution in [0.25, 0.3) is 0 Å². The van der Waals surface area contributed by atoms with Crippen LogP contribution in [0.2, 0.25) is 0 Å². The van der Waals surface area contributed by atoms with Crippen LogP contribution in [0.4, 0.5) is 0 Å².